The van der Waals surface area contributed by atoms with Crippen LogP contribution < -0.4 is 10.6 Å². The molecule has 22 heavy (non-hydrogen) atoms. The van der Waals surface area contributed by atoms with E-state index in [2.05, 4.69) is 10.6 Å². The second kappa shape index (κ2) is 7.42. The Morgan fingerprint density at radius 2 is 1.82 bits per heavy atom. The largest absolute Gasteiger partial charge is 0.458 e. The minimum absolute atomic E-state index is 0.0941. The van der Waals surface area contributed by atoms with Gasteiger partial charge < -0.3 is 20.1 Å². The number of ether oxygens (including phenoxy) is 2. The molecule has 0 aromatic carbocycles. The maximum atomic E-state index is 12.3. The third-order valence-corrected chi connectivity index (χ3v) is 3.07. The van der Waals surface area contributed by atoms with Crippen LogP contribution in [0.25, 0.3) is 0 Å². The van der Waals surface area contributed by atoms with Crippen molar-refractivity contribution < 1.29 is 19.1 Å². The summed E-state index contributed by atoms with van der Waals surface area (Å²) in [4.78, 5) is 24.5. The number of nitrogens with one attached hydrogen (secondary N) is 2. The van der Waals surface area contributed by atoms with Crippen molar-refractivity contribution in [1.82, 2.24) is 10.6 Å². The fourth-order valence-corrected chi connectivity index (χ4v) is 2.06. The fraction of sp³-hybridized carbons (Fsp3) is 0.875. The topological polar surface area (TPSA) is 76.7 Å². The van der Waals surface area contributed by atoms with Gasteiger partial charge in [0.05, 0.1) is 18.2 Å². The Hall–Kier alpha value is -1.14. The lowest BCUT2D eigenvalue weighted by Crippen LogP contribution is -2.52. The van der Waals surface area contributed by atoms with Crippen LogP contribution in [0, 0.1) is 0 Å². The van der Waals surface area contributed by atoms with Crippen LogP contribution in [0.15, 0.2) is 0 Å². The molecule has 1 heterocycles. The minimum Gasteiger partial charge on any atom is -0.458 e. The summed E-state index contributed by atoms with van der Waals surface area (Å²) in [6.45, 7) is 12.0. The Balaban J connectivity index is 2.67. The second-order valence-electron chi connectivity index (χ2n) is 7.67. The van der Waals surface area contributed by atoms with Crippen molar-refractivity contribution >= 4 is 11.9 Å². The summed E-state index contributed by atoms with van der Waals surface area (Å²) in [6, 6.07) is -1.03. The molecule has 1 aliphatic rings. The quantitative estimate of drug-likeness (QED) is 0.750. The first-order chi connectivity index (χ1) is 9.98. The van der Waals surface area contributed by atoms with E-state index in [1.54, 1.807) is 20.8 Å². The maximum Gasteiger partial charge on any atom is 0.331 e. The smallest absolute Gasteiger partial charge is 0.331 e. The number of amides is 1. The highest BCUT2D eigenvalue weighted by Gasteiger charge is 2.31. The molecule has 0 aromatic rings. The SMILES string of the molecule is CC(C)(C)OC[C@H](NC(=O)[C@@H]1CCCN1)C(=O)OC(C)(C)C. The molecule has 2 N–H and O–H groups in total. The molecule has 1 saturated heterocycles. The van der Waals surface area contributed by atoms with Gasteiger partial charge in [0.25, 0.3) is 0 Å². The van der Waals surface area contributed by atoms with E-state index >= 15 is 0 Å². The van der Waals surface area contributed by atoms with Crippen molar-refractivity contribution in [2.75, 3.05) is 13.2 Å². The predicted octanol–water partition coefficient (Wildman–Crippen LogP) is 1.38. The zero-order valence-electron chi connectivity index (χ0n) is 14.6. The van der Waals surface area contributed by atoms with Gasteiger partial charge in [-0.2, -0.15) is 0 Å². The molecule has 1 aliphatic heterocycles. The van der Waals surface area contributed by atoms with Crippen LogP contribution in [0.3, 0.4) is 0 Å². The van der Waals surface area contributed by atoms with Gasteiger partial charge in [0.1, 0.15) is 5.60 Å². The molecule has 2 atom stereocenters. The lowest BCUT2D eigenvalue weighted by atomic mass is 10.1. The number of hydrogen-bond acceptors (Lipinski definition) is 5. The van der Waals surface area contributed by atoms with Gasteiger partial charge in [-0.1, -0.05) is 0 Å². The number of rotatable bonds is 5. The second-order valence-corrected chi connectivity index (χ2v) is 7.67. The third kappa shape index (κ3) is 7.22. The van der Waals surface area contributed by atoms with Gasteiger partial charge in [0.2, 0.25) is 5.91 Å². The lowest BCUT2D eigenvalue weighted by molar-refractivity contribution is -0.162. The van der Waals surface area contributed by atoms with Gasteiger partial charge in [-0.25, -0.2) is 4.79 Å². The third-order valence-electron chi connectivity index (χ3n) is 3.07. The Morgan fingerprint density at radius 1 is 1.18 bits per heavy atom. The summed E-state index contributed by atoms with van der Waals surface area (Å²) in [7, 11) is 0. The molecule has 0 spiro atoms. The van der Waals surface area contributed by atoms with Crippen LogP contribution in [0.4, 0.5) is 0 Å². The van der Waals surface area contributed by atoms with Crippen molar-refractivity contribution in [3.05, 3.63) is 0 Å². The monoisotopic (exact) mass is 314 g/mol. The van der Waals surface area contributed by atoms with E-state index in [1.807, 2.05) is 20.8 Å². The predicted molar refractivity (Wildman–Crippen MR) is 84.5 cm³/mol. The zero-order valence-corrected chi connectivity index (χ0v) is 14.6. The van der Waals surface area contributed by atoms with E-state index in [-0.39, 0.29) is 18.6 Å². The van der Waals surface area contributed by atoms with E-state index < -0.39 is 23.2 Å². The van der Waals surface area contributed by atoms with E-state index in [1.165, 1.54) is 0 Å². The molecule has 1 amide bonds. The zero-order chi connectivity index (χ0) is 17.0. The molecular weight excluding hydrogens is 284 g/mol. The van der Waals surface area contributed by atoms with Crippen molar-refractivity contribution in [2.24, 2.45) is 0 Å². The highest BCUT2D eigenvalue weighted by molar-refractivity contribution is 5.87. The summed E-state index contributed by atoms with van der Waals surface area (Å²) in [5.41, 5.74) is -0.996. The maximum absolute atomic E-state index is 12.3. The van der Waals surface area contributed by atoms with Crippen LogP contribution in [0.2, 0.25) is 0 Å². The fourth-order valence-electron chi connectivity index (χ4n) is 2.06. The molecule has 1 rings (SSSR count). The first-order valence-corrected chi connectivity index (χ1v) is 7.88. The molecule has 0 aliphatic carbocycles. The molecule has 1 fully saturated rings. The molecule has 6 nitrogen and oxygen atoms in total. The summed E-state index contributed by atoms with van der Waals surface area (Å²) in [5, 5.41) is 5.87. The minimum atomic E-state index is -0.798. The molecule has 0 radical (unpaired) electrons. The summed E-state index contributed by atoms with van der Waals surface area (Å²) in [6.07, 6.45) is 1.75. The first kappa shape index (κ1) is 18.9. The Labute approximate surface area is 133 Å². The Bertz CT molecular complexity index is 390. The number of carbonyl (C=O) groups excluding carboxylic acids is 2. The molecule has 0 saturated carbocycles. The average Bonchev–Trinajstić information content (AvgIpc) is 2.84. The van der Waals surface area contributed by atoms with Gasteiger partial charge in [0, 0.05) is 0 Å². The van der Waals surface area contributed by atoms with Crippen LogP contribution >= 0.6 is 0 Å². The van der Waals surface area contributed by atoms with Gasteiger partial charge in [-0.3, -0.25) is 4.79 Å². The van der Waals surface area contributed by atoms with E-state index in [0.29, 0.717) is 0 Å². The standard InChI is InChI=1S/C16H30N2O4/c1-15(2,3)21-10-12(14(20)22-16(4,5)6)18-13(19)11-8-7-9-17-11/h11-12,17H,7-10H2,1-6H3,(H,18,19)/t11-,12-/m0/s1. The van der Waals surface area contributed by atoms with Gasteiger partial charge in [-0.15, -0.1) is 0 Å². The Kier molecular flexibility index (Phi) is 6.38. The average molecular weight is 314 g/mol. The number of carbonyl (C=O) groups is 2. The van der Waals surface area contributed by atoms with Gasteiger partial charge in [-0.05, 0) is 60.9 Å². The van der Waals surface area contributed by atoms with Crippen molar-refractivity contribution in [2.45, 2.75) is 77.7 Å². The van der Waals surface area contributed by atoms with Crippen LogP contribution in [-0.4, -0.2) is 48.3 Å². The van der Waals surface area contributed by atoms with Crippen molar-refractivity contribution in [3.63, 3.8) is 0 Å². The van der Waals surface area contributed by atoms with Gasteiger partial charge >= 0.3 is 5.97 Å². The molecule has 0 bridgehead atoms. The number of hydrogen-bond donors (Lipinski definition) is 2. The Morgan fingerprint density at radius 3 is 2.27 bits per heavy atom. The molecule has 0 aromatic heterocycles. The molecular formula is C16H30N2O4. The molecule has 128 valence electrons. The van der Waals surface area contributed by atoms with Crippen LogP contribution in [-0.2, 0) is 19.1 Å². The highest BCUT2D eigenvalue weighted by Crippen LogP contribution is 2.12. The number of esters is 1. The summed E-state index contributed by atoms with van der Waals surface area (Å²) < 4.78 is 11.0. The van der Waals surface area contributed by atoms with E-state index in [9.17, 15) is 9.59 Å². The van der Waals surface area contributed by atoms with E-state index in [4.69, 9.17) is 9.47 Å². The highest BCUT2D eigenvalue weighted by atomic mass is 16.6. The molecule has 6 heteroatoms. The van der Waals surface area contributed by atoms with Crippen molar-refractivity contribution in [3.8, 4) is 0 Å². The molecule has 0 unspecified atom stereocenters. The normalized spacial score (nSPS) is 20.5. The van der Waals surface area contributed by atoms with Gasteiger partial charge in [0.15, 0.2) is 6.04 Å². The first-order valence-electron chi connectivity index (χ1n) is 7.88. The van der Waals surface area contributed by atoms with Crippen LogP contribution in [0.5, 0.6) is 0 Å². The summed E-state index contributed by atoms with van der Waals surface area (Å²) in [5.74, 6) is -0.644. The summed E-state index contributed by atoms with van der Waals surface area (Å²) >= 11 is 0. The lowest BCUT2D eigenvalue weighted by Gasteiger charge is -2.28. The van der Waals surface area contributed by atoms with Crippen LogP contribution in [0.1, 0.15) is 54.4 Å². The van der Waals surface area contributed by atoms with E-state index in [0.717, 1.165) is 19.4 Å². The van der Waals surface area contributed by atoms with Crippen molar-refractivity contribution in [1.29, 1.82) is 0 Å².